The molecule has 0 spiro atoms. The molecule has 0 radical (unpaired) electrons. The number of aromatic amines is 2. The van der Waals surface area contributed by atoms with Gasteiger partial charge in [-0.05, 0) is 18.8 Å². The zero-order chi connectivity index (χ0) is 14.0. The molecule has 1 aromatic rings. The van der Waals surface area contributed by atoms with Crippen molar-refractivity contribution in [2.45, 2.75) is 25.3 Å². The Morgan fingerprint density at radius 2 is 2.11 bits per heavy atom. The largest absolute Gasteiger partial charge is 0.481 e. The zero-order valence-electron chi connectivity index (χ0n) is 9.93. The van der Waals surface area contributed by atoms with E-state index in [9.17, 15) is 19.2 Å². The number of H-pyrrole nitrogens is 2. The number of hydrogen-bond acceptors (Lipinski definition) is 4. The first kappa shape index (κ1) is 13.1. The Kier molecular flexibility index (Phi) is 3.50. The van der Waals surface area contributed by atoms with Crippen LogP contribution in [0.4, 0.5) is 0 Å². The number of rotatable bonds is 5. The molecule has 19 heavy (non-hydrogen) atoms. The van der Waals surface area contributed by atoms with Crippen molar-refractivity contribution in [3.8, 4) is 0 Å². The molecule has 1 amide bonds. The lowest BCUT2D eigenvalue weighted by Gasteiger charge is -2.15. The maximum Gasteiger partial charge on any atom is 0.325 e. The molecule has 0 aromatic carbocycles. The number of nitrogens with one attached hydrogen (secondary N) is 3. The molecule has 0 aliphatic heterocycles. The Morgan fingerprint density at radius 3 is 2.63 bits per heavy atom. The Labute approximate surface area is 106 Å². The summed E-state index contributed by atoms with van der Waals surface area (Å²) < 4.78 is 0. The molecule has 1 aliphatic rings. The molecule has 1 aromatic heterocycles. The van der Waals surface area contributed by atoms with Crippen LogP contribution >= 0.6 is 0 Å². The second-order valence-corrected chi connectivity index (χ2v) is 4.50. The van der Waals surface area contributed by atoms with E-state index in [2.05, 4.69) is 10.3 Å². The fourth-order valence-corrected chi connectivity index (χ4v) is 1.85. The predicted molar refractivity (Wildman–Crippen MR) is 63.9 cm³/mol. The van der Waals surface area contributed by atoms with Crippen LogP contribution in [-0.4, -0.2) is 33.0 Å². The first-order chi connectivity index (χ1) is 8.97. The molecule has 8 nitrogen and oxygen atoms in total. The van der Waals surface area contributed by atoms with E-state index in [-0.39, 0.29) is 17.9 Å². The number of hydrogen-bond donors (Lipinski definition) is 4. The molecule has 102 valence electrons. The molecule has 1 saturated carbocycles. The predicted octanol–water partition coefficient (Wildman–Crippen LogP) is -0.954. The highest BCUT2D eigenvalue weighted by atomic mass is 16.4. The van der Waals surface area contributed by atoms with E-state index in [1.165, 1.54) is 0 Å². The van der Waals surface area contributed by atoms with Gasteiger partial charge in [0.25, 0.3) is 11.5 Å². The van der Waals surface area contributed by atoms with Crippen LogP contribution in [0, 0.1) is 5.92 Å². The van der Waals surface area contributed by atoms with Crippen molar-refractivity contribution in [1.82, 2.24) is 15.3 Å². The molecular formula is C11H13N3O5. The van der Waals surface area contributed by atoms with E-state index in [4.69, 9.17) is 5.11 Å². The fourth-order valence-electron chi connectivity index (χ4n) is 1.85. The number of aliphatic carboxylic acids is 1. The standard InChI is InChI=1S/C11H13N3O5/c15-8(16)3-7(5-1-2-5)13-9(17)6-4-12-11(19)14-10(6)18/h4-5,7H,1-3H2,(H,13,17)(H,15,16)(H2,12,14,18,19). The van der Waals surface area contributed by atoms with Crippen LogP contribution in [0.2, 0.25) is 0 Å². The van der Waals surface area contributed by atoms with Crippen molar-refractivity contribution in [2.75, 3.05) is 0 Å². The van der Waals surface area contributed by atoms with Gasteiger partial charge in [0.05, 0.1) is 6.42 Å². The highest BCUT2D eigenvalue weighted by molar-refractivity contribution is 5.93. The molecule has 1 atom stereocenters. The maximum absolute atomic E-state index is 11.9. The molecule has 1 unspecified atom stereocenters. The number of aromatic nitrogens is 2. The molecule has 8 heteroatoms. The topological polar surface area (TPSA) is 132 Å². The van der Waals surface area contributed by atoms with Crippen LogP contribution in [0.25, 0.3) is 0 Å². The summed E-state index contributed by atoms with van der Waals surface area (Å²) in [5.74, 6) is -1.55. The Hall–Kier alpha value is -2.38. The van der Waals surface area contributed by atoms with Gasteiger partial charge in [-0.15, -0.1) is 0 Å². The summed E-state index contributed by atoms with van der Waals surface area (Å²) in [7, 11) is 0. The van der Waals surface area contributed by atoms with Gasteiger partial charge in [-0.2, -0.15) is 0 Å². The van der Waals surface area contributed by atoms with Crippen molar-refractivity contribution in [3.05, 3.63) is 32.6 Å². The highest BCUT2D eigenvalue weighted by Gasteiger charge is 2.34. The van der Waals surface area contributed by atoms with E-state index in [0.717, 1.165) is 19.0 Å². The summed E-state index contributed by atoms with van der Waals surface area (Å²) in [6.45, 7) is 0. The average molecular weight is 267 g/mol. The van der Waals surface area contributed by atoms with Gasteiger partial charge in [-0.25, -0.2) is 4.79 Å². The van der Waals surface area contributed by atoms with Crippen LogP contribution < -0.4 is 16.6 Å². The minimum atomic E-state index is -1.01. The lowest BCUT2D eigenvalue weighted by atomic mass is 10.1. The minimum Gasteiger partial charge on any atom is -0.481 e. The summed E-state index contributed by atoms with van der Waals surface area (Å²) >= 11 is 0. The third kappa shape index (κ3) is 3.30. The highest BCUT2D eigenvalue weighted by Crippen LogP contribution is 2.34. The van der Waals surface area contributed by atoms with Crippen LogP contribution in [0.1, 0.15) is 29.6 Å². The lowest BCUT2D eigenvalue weighted by Crippen LogP contribution is -2.41. The van der Waals surface area contributed by atoms with Gasteiger partial charge < -0.3 is 15.4 Å². The van der Waals surface area contributed by atoms with Crippen molar-refractivity contribution < 1.29 is 14.7 Å². The lowest BCUT2D eigenvalue weighted by molar-refractivity contribution is -0.137. The zero-order valence-corrected chi connectivity index (χ0v) is 9.93. The van der Waals surface area contributed by atoms with Gasteiger partial charge in [0, 0.05) is 12.2 Å². The summed E-state index contributed by atoms with van der Waals surface area (Å²) in [5.41, 5.74) is -1.74. The van der Waals surface area contributed by atoms with Crippen molar-refractivity contribution in [1.29, 1.82) is 0 Å². The quantitative estimate of drug-likeness (QED) is 0.546. The second-order valence-electron chi connectivity index (χ2n) is 4.50. The van der Waals surface area contributed by atoms with Gasteiger partial charge >= 0.3 is 11.7 Å². The SMILES string of the molecule is O=C(O)CC(NC(=O)c1c[nH]c(=O)[nH]c1=O)C1CC1. The molecule has 0 bridgehead atoms. The van der Waals surface area contributed by atoms with E-state index in [1.807, 2.05) is 4.98 Å². The normalized spacial score (nSPS) is 15.8. The number of carbonyl (C=O) groups excluding carboxylic acids is 1. The van der Waals surface area contributed by atoms with Crippen LogP contribution in [0.5, 0.6) is 0 Å². The number of carbonyl (C=O) groups is 2. The molecule has 0 saturated heterocycles. The first-order valence-corrected chi connectivity index (χ1v) is 5.82. The second kappa shape index (κ2) is 5.09. The molecular weight excluding hydrogens is 254 g/mol. The van der Waals surface area contributed by atoms with Gasteiger partial charge in [-0.1, -0.05) is 0 Å². The summed E-state index contributed by atoms with van der Waals surface area (Å²) in [6.07, 6.45) is 2.55. The minimum absolute atomic E-state index is 0.141. The van der Waals surface area contributed by atoms with Crippen molar-refractivity contribution >= 4 is 11.9 Å². The van der Waals surface area contributed by atoms with E-state index in [1.54, 1.807) is 0 Å². The Bertz CT molecular complexity index is 613. The van der Waals surface area contributed by atoms with Crippen LogP contribution in [0.15, 0.2) is 15.8 Å². The van der Waals surface area contributed by atoms with E-state index in [0.29, 0.717) is 0 Å². The Balaban J connectivity index is 2.12. The molecule has 2 rings (SSSR count). The molecule has 4 N–H and O–H groups in total. The van der Waals surface area contributed by atoms with Crippen molar-refractivity contribution in [3.63, 3.8) is 0 Å². The van der Waals surface area contributed by atoms with Gasteiger partial charge in [0.1, 0.15) is 5.56 Å². The molecule has 1 aliphatic carbocycles. The van der Waals surface area contributed by atoms with Gasteiger partial charge in [0.2, 0.25) is 0 Å². The van der Waals surface area contributed by atoms with Gasteiger partial charge in [-0.3, -0.25) is 19.4 Å². The number of carboxylic acid groups (broad SMARTS) is 1. The van der Waals surface area contributed by atoms with E-state index >= 15 is 0 Å². The van der Waals surface area contributed by atoms with Crippen molar-refractivity contribution in [2.24, 2.45) is 5.92 Å². The summed E-state index contributed by atoms with van der Waals surface area (Å²) in [5, 5.41) is 11.3. The van der Waals surface area contributed by atoms with Crippen LogP contribution in [-0.2, 0) is 4.79 Å². The molecule has 1 fully saturated rings. The third-order valence-electron chi connectivity index (χ3n) is 2.97. The monoisotopic (exact) mass is 267 g/mol. The maximum atomic E-state index is 11.9. The van der Waals surface area contributed by atoms with Crippen LogP contribution in [0.3, 0.4) is 0 Å². The first-order valence-electron chi connectivity index (χ1n) is 5.82. The third-order valence-corrected chi connectivity index (χ3v) is 2.97. The Morgan fingerprint density at radius 1 is 1.42 bits per heavy atom. The molecule has 1 heterocycles. The van der Waals surface area contributed by atoms with Gasteiger partial charge in [0.15, 0.2) is 0 Å². The fraction of sp³-hybridized carbons (Fsp3) is 0.455. The summed E-state index contributed by atoms with van der Waals surface area (Å²) in [6, 6.07) is -0.490. The smallest absolute Gasteiger partial charge is 0.325 e. The number of amides is 1. The number of carboxylic acids is 1. The average Bonchev–Trinajstić information content (AvgIpc) is 3.10. The van der Waals surface area contributed by atoms with E-state index < -0.39 is 29.2 Å². The summed E-state index contributed by atoms with van der Waals surface area (Å²) in [4.78, 5) is 48.9.